The minimum atomic E-state index is 0. The van der Waals surface area contributed by atoms with Crippen molar-refractivity contribution in [3.05, 3.63) is 24.3 Å². The van der Waals surface area contributed by atoms with E-state index in [1.165, 1.54) is 17.5 Å². The van der Waals surface area contributed by atoms with Crippen molar-refractivity contribution in [1.82, 2.24) is 0 Å². The van der Waals surface area contributed by atoms with Gasteiger partial charge in [-0.05, 0) is 17.2 Å². The average Bonchev–Trinajstić information content (AvgIpc) is 2.43. The summed E-state index contributed by atoms with van der Waals surface area (Å²) >= 11 is 0. The van der Waals surface area contributed by atoms with Gasteiger partial charge in [-0.15, -0.1) is 12.4 Å². The molecular weight excluding hydrogens is 144 g/mol. The fourth-order valence-corrected chi connectivity index (χ4v) is 0.676. The standard InChI is InChI=1S/C6H4.C3H8.ClH/c1-2-5-4-6(5)3-1;1-3-2;/h1-4H;3H2,1-2H3;1H. The molecule has 0 heterocycles. The van der Waals surface area contributed by atoms with Crippen LogP contribution in [-0.4, -0.2) is 0 Å². The molecule has 1 heteroatoms. The van der Waals surface area contributed by atoms with Crippen molar-refractivity contribution in [2.24, 2.45) is 0 Å². The molecule has 0 atom stereocenters. The lowest BCUT2D eigenvalue weighted by molar-refractivity contribution is 1.09. The van der Waals surface area contributed by atoms with Gasteiger partial charge < -0.3 is 0 Å². The predicted octanol–water partition coefficient (Wildman–Crippen LogP) is 3.51. The van der Waals surface area contributed by atoms with E-state index in [0.717, 1.165) is 0 Å². The van der Waals surface area contributed by atoms with E-state index in [4.69, 9.17) is 0 Å². The number of fused-ring (bicyclic) bond motifs is 1. The molecule has 10 heavy (non-hydrogen) atoms. The fourth-order valence-electron chi connectivity index (χ4n) is 0.676. The second-order valence-electron chi connectivity index (χ2n) is 2.29. The molecular formula is C9H13Cl. The number of benzene rings is 1. The topological polar surface area (TPSA) is 0 Å². The van der Waals surface area contributed by atoms with E-state index in [0.29, 0.717) is 0 Å². The zero-order valence-electron chi connectivity index (χ0n) is 6.42. The van der Waals surface area contributed by atoms with Crippen LogP contribution in [0.3, 0.4) is 0 Å². The third kappa shape index (κ3) is 2.40. The maximum absolute atomic E-state index is 2.17. The maximum Gasteiger partial charge on any atom is -0.0178 e. The monoisotopic (exact) mass is 156 g/mol. The van der Waals surface area contributed by atoms with Gasteiger partial charge in [0.2, 0.25) is 0 Å². The molecule has 0 aliphatic heterocycles. The number of hydrogen-bond donors (Lipinski definition) is 0. The normalized spacial score (nSPS) is 8.60. The van der Waals surface area contributed by atoms with E-state index < -0.39 is 0 Å². The van der Waals surface area contributed by atoms with Gasteiger partial charge in [-0.3, -0.25) is 0 Å². The average molecular weight is 157 g/mol. The molecule has 2 aliphatic rings. The van der Waals surface area contributed by atoms with E-state index in [9.17, 15) is 0 Å². The Hall–Kier alpha value is -0.490. The van der Waals surface area contributed by atoms with Crippen LogP contribution in [0.4, 0.5) is 0 Å². The lowest BCUT2D eigenvalue weighted by atomic mass is 10.6. The Bertz CT molecular complexity index is 176. The highest BCUT2D eigenvalue weighted by atomic mass is 35.5. The zero-order chi connectivity index (χ0) is 6.69. The Morgan fingerprint density at radius 2 is 1.50 bits per heavy atom. The smallest absolute Gasteiger partial charge is 0.0178 e. The first kappa shape index (κ1) is 9.51. The van der Waals surface area contributed by atoms with Gasteiger partial charge >= 0.3 is 0 Å². The summed E-state index contributed by atoms with van der Waals surface area (Å²) in [4.78, 5) is 0. The molecule has 56 valence electrons. The van der Waals surface area contributed by atoms with E-state index >= 15 is 0 Å². The van der Waals surface area contributed by atoms with Gasteiger partial charge in [0.05, 0.1) is 0 Å². The lowest BCUT2D eigenvalue weighted by Crippen LogP contribution is -1.27. The van der Waals surface area contributed by atoms with Crippen molar-refractivity contribution < 1.29 is 0 Å². The molecule has 0 N–H and O–H groups in total. The van der Waals surface area contributed by atoms with Crippen molar-refractivity contribution in [1.29, 1.82) is 0 Å². The fraction of sp³-hybridized carbons (Fsp3) is 0.333. The Kier molecular flexibility index (Phi) is 4.13. The first-order valence-corrected chi connectivity index (χ1v) is 3.49. The highest BCUT2D eigenvalue weighted by Gasteiger charge is 2.06. The molecule has 0 aromatic heterocycles. The van der Waals surface area contributed by atoms with Crippen LogP contribution in [0.1, 0.15) is 20.3 Å². The number of halogens is 1. The van der Waals surface area contributed by atoms with Crippen LogP contribution in [0.15, 0.2) is 24.3 Å². The molecule has 0 saturated carbocycles. The summed E-state index contributed by atoms with van der Waals surface area (Å²) in [5, 5.41) is 0. The molecule has 0 unspecified atom stereocenters. The lowest BCUT2D eigenvalue weighted by Gasteiger charge is -1.48. The highest BCUT2D eigenvalue weighted by Crippen LogP contribution is 2.32. The molecule has 0 radical (unpaired) electrons. The van der Waals surface area contributed by atoms with E-state index in [-0.39, 0.29) is 12.4 Å². The van der Waals surface area contributed by atoms with Crippen LogP contribution in [-0.2, 0) is 0 Å². The Morgan fingerprint density at radius 1 is 1.10 bits per heavy atom. The van der Waals surface area contributed by atoms with Gasteiger partial charge in [-0.2, -0.15) is 0 Å². The Morgan fingerprint density at radius 3 is 1.60 bits per heavy atom. The predicted molar refractivity (Wildman–Crippen MR) is 48.6 cm³/mol. The van der Waals surface area contributed by atoms with Crippen LogP contribution in [0.2, 0.25) is 0 Å². The third-order valence-electron chi connectivity index (χ3n) is 1.11. The van der Waals surface area contributed by atoms with Gasteiger partial charge in [-0.25, -0.2) is 0 Å². The molecule has 0 aromatic rings. The third-order valence-corrected chi connectivity index (χ3v) is 1.11. The first-order chi connectivity index (χ1) is 4.38. The van der Waals surface area contributed by atoms with Crippen molar-refractivity contribution in [3.8, 4) is 11.1 Å². The van der Waals surface area contributed by atoms with Gasteiger partial charge in [0.15, 0.2) is 0 Å². The molecule has 0 fully saturated rings. The molecule has 0 bridgehead atoms. The molecule has 0 saturated heterocycles. The van der Waals surface area contributed by atoms with E-state index in [1.807, 2.05) is 0 Å². The summed E-state index contributed by atoms with van der Waals surface area (Å²) in [7, 11) is 0. The van der Waals surface area contributed by atoms with E-state index in [2.05, 4.69) is 38.1 Å². The molecule has 2 rings (SSSR count). The number of rotatable bonds is 0. The molecule has 0 aromatic carbocycles. The summed E-state index contributed by atoms with van der Waals surface area (Å²) in [6.07, 6.45) is 1.25. The van der Waals surface area contributed by atoms with Gasteiger partial charge in [0.25, 0.3) is 0 Å². The van der Waals surface area contributed by atoms with Crippen LogP contribution >= 0.6 is 12.4 Å². The second kappa shape index (κ2) is 4.35. The summed E-state index contributed by atoms with van der Waals surface area (Å²) in [5.74, 6) is 0. The van der Waals surface area contributed by atoms with Crippen LogP contribution in [0, 0.1) is 0 Å². The molecule has 0 spiro atoms. The number of hydrogen-bond acceptors (Lipinski definition) is 0. The van der Waals surface area contributed by atoms with Gasteiger partial charge in [-0.1, -0.05) is 38.5 Å². The molecule has 2 aliphatic carbocycles. The highest BCUT2D eigenvalue weighted by molar-refractivity contribution is 5.85. The van der Waals surface area contributed by atoms with Gasteiger partial charge in [0, 0.05) is 0 Å². The van der Waals surface area contributed by atoms with E-state index in [1.54, 1.807) is 0 Å². The van der Waals surface area contributed by atoms with Crippen molar-refractivity contribution >= 4 is 12.4 Å². The van der Waals surface area contributed by atoms with Gasteiger partial charge in [0.1, 0.15) is 0 Å². The quantitative estimate of drug-likeness (QED) is 0.548. The molecule has 0 nitrogen and oxygen atoms in total. The summed E-state index contributed by atoms with van der Waals surface area (Å²) < 4.78 is 0. The zero-order valence-corrected chi connectivity index (χ0v) is 7.24. The summed E-state index contributed by atoms with van der Waals surface area (Å²) in [6, 6.07) is 8.48. The minimum Gasteiger partial charge on any atom is -0.147 e. The van der Waals surface area contributed by atoms with Crippen molar-refractivity contribution in [2.75, 3.05) is 0 Å². The first-order valence-electron chi connectivity index (χ1n) is 3.49. The molecule has 0 amide bonds. The van der Waals surface area contributed by atoms with Crippen molar-refractivity contribution in [2.45, 2.75) is 20.3 Å². The van der Waals surface area contributed by atoms with Crippen LogP contribution < -0.4 is 0 Å². The largest absolute Gasteiger partial charge is 0.147 e. The summed E-state index contributed by atoms with van der Waals surface area (Å²) in [6.45, 7) is 4.25. The van der Waals surface area contributed by atoms with Crippen LogP contribution in [0.5, 0.6) is 0 Å². The summed E-state index contributed by atoms with van der Waals surface area (Å²) in [5.41, 5.74) is 2.85. The Labute approximate surface area is 68.7 Å². The SMILES string of the molecule is CCC.Cl.c1cc2cc-2c1. The minimum absolute atomic E-state index is 0. The van der Waals surface area contributed by atoms with Crippen LogP contribution in [0.25, 0.3) is 11.1 Å². The maximum atomic E-state index is 2.17. The second-order valence-corrected chi connectivity index (χ2v) is 2.29. The Balaban J connectivity index is 0.000000183. The van der Waals surface area contributed by atoms with Crippen molar-refractivity contribution in [3.63, 3.8) is 0 Å².